The fourth-order valence-corrected chi connectivity index (χ4v) is 0.808. The largest absolute Gasteiger partial charge is 0.298 e. The average Bonchev–Trinajstić information content (AvgIpc) is 1.88. The van der Waals surface area contributed by atoms with Crippen molar-refractivity contribution in [3.63, 3.8) is 0 Å². The van der Waals surface area contributed by atoms with E-state index in [0.717, 1.165) is 0 Å². The SMILES string of the molecule is CNC1CC(Cl)=NC=N1. The van der Waals surface area contributed by atoms with Gasteiger partial charge in [0.05, 0.1) is 0 Å². The summed E-state index contributed by atoms with van der Waals surface area (Å²) in [5.41, 5.74) is 0. The predicted octanol–water partition coefficient (Wildman–Crippen LogP) is 0.601. The van der Waals surface area contributed by atoms with Gasteiger partial charge in [-0.15, -0.1) is 0 Å². The van der Waals surface area contributed by atoms with Gasteiger partial charge in [0.1, 0.15) is 17.7 Å². The van der Waals surface area contributed by atoms with Crippen LogP contribution in [0, 0.1) is 0 Å². The molecule has 1 heterocycles. The molecule has 0 aromatic carbocycles. The van der Waals surface area contributed by atoms with Crippen LogP contribution in [0.2, 0.25) is 0 Å². The molecule has 9 heavy (non-hydrogen) atoms. The Morgan fingerprint density at radius 3 is 3.11 bits per heavy atom. The van der Waals surface area contributed by atoms with Gasteiger partial charge in [-0.2, -0.15) is 0 Å². The third kappa shape index (κ3) is 1.77. The van der Waals surface area contributed by atoms with Crippen molar-refractivity contribution in [3.05, 3.63) is 0 Å². The summed E-state index contributed by atoms with van der Waals surface area (Å²) in [6, 6.07) is 0. The molecule has 1 aliphatic rings. The molecule has 0 aromatic rings. The van der Waals surface area contributed by atoms with Gasteiger partial charge in [0.25, 0.3) is 0 Å². The van der Waals surface area contributed by atoms with E-state index in [2.05, 4.69) is 15.3 Å². The first-order valence-electron chi connectivity index (χ1n) is 2.74. The smallest absolute Gasteiger partial charge is 0.113 e. The second kappa shape index (κ2) is 2.94. The number of halogens is 1. The van der Waals surface area contributed by atoms with Crippen LogP contribution in [0.15, 0.2) is 9.98 Å². The molecule has 50 valence electrons. The van der Waals surface area contributed by atoms with Crippen molar-refractivity contribution >= 4 is 23.1 Å². The standard InChI is InChI=1S/C5H8ClN3/c1-7-5-2-4(6)8-3-9-5/h3,5,7H,2H2,1H3. The van der Waals surface area contributed by atoms with Crippen molar-refractivity contribution in [1.29, 1.82) is 0 Å². The molecule has 0 amide bonds. The molecule has 1 atom stereocenters. The van der Waals surface area contributed by atoms with E-state index in [4.69, 9.17) is 11.6 Å². The first-order chi connectivity index (χ1) is 4.33. The van der Waals surface area contributed by atoms with Crippen LogP contribution in [0.4, 0.5) is 0 Å². The lowest BCUT2D eigenvalue weighted by Crippen LogP contribution is -2.26. The van der Waals surface area contributed by atoms with Crippen LogP contribution in [-0.2, 0) is 0 Å². The van der Waals surface area contributed by atoms with Crippen LogP contribution >= 0.6 is 11.6 Å². The van der Waals surface area contributed by atoms with E-state index >= 15 is 0 Å². The summed E-state index contributed by atoms with van der Waals surface area (Å²) in [7, 11) is 1.84. The van der Waals surface area contributed by atoms with Crippen LogP contribution in [0.5, 0.6) is 0 Å². The van der Waals surface area contributed by atoms with Gasteiger partial charge in [-0.05, 0) is 7.05 Å². The van der Waals surface area contributed by atoms with Crippen molar-refractivity contribution in [1.82, 2.24) is 5.32 Å². The number of aliphatic imine (C=N–C) groups is 2. The maximum absolute atomic E-state index is 5.61. The van der Waals surface area contributed by atoms with Crippen molar-refractivity contribution < 1.29 is 0 Å². The van der Waals surface area contributed by atoms with E-state index in [1.807, 2.05) is 7.05 Å². The maximum atomic E-state index is 5.61. The molecule has 0 saturated heterocycles. The third-order valence-electron chi connectivity index (χ3n) is 1.14. The summed E-state index contributed by atoms with van der Waals surface area (Å²) in [4.78, 5) is 7.77. The van der Waals surface area contributed by atoms with Crippen LogP contribution in [0.25, 0.3) is 0 Å². The zero-order chi connectivity index (χ0) is 6.69. The Kier molecular flexibility index (Phi) is 2.19. The van der Waals surface area contributed by atoms with Gasteiger partial charge in [-0.1, -0.05) is 11.6 Å². The molecule has 0 aliphatic carbocycles. The highest BCUT2D eigenvalue weighted by molar-refractivity contribution is 6.66. The summed E-state index contributed by atoms with van der Waals surface area (Å²) in [6.45, 7) is 0. The van der Waals surface area contributed by atoms with Gasteiger partial charge in [-0.3, -0.25) is 10.3 Å². The molecule has 3 nitrogen and oxygen atoms in total. The molecule has 0 bridgehead atoms. The van der Waals surface area contributed by atoms with Crippen molar-refractivity contribution in [3.8, 4) is 0 Å². The molecule has 0 aromatic heterocycles. The molecule has 1 N–H and O–H groups in total. The summed E-state index contributed by atoms with van der Waals surface area (Å²) < 4.78 is 0. The van der Waals surface area contributed by atoms with Gasteiger partial charge >= 0.3 is 0 Å². The number of hydrogen-bond acceptors (Lipinski definition) is 3. The summed E-state index contributed by atoms with van der Waals surface area (Å²) in [6.07, 6.45) is 2.30. The monoisotopic (exact) mass is 145 g/mol. The molecule has 0 fully saturated rings. The number of rotatable bonds is 1. The lowest BCUT2D eigenvalue weighted by atomic mass is 10.3. The average molecular weight is 146 g/mol. The Balaban J connectivity index is 2.51. The van der Waals surface area contributed by atoms with Crippen molar-refractivity contribution in [2.75, 3.05) is 7.05 Å². The zero-order valence-electron chi connectivity index (χ0n) is 5.13. The van der Waals surface area contributed by atoms with Gasteiger partial charge in [0.2, 0.25) is 0 Å². The number of nitrogens with zero attached hydrogens (tertiary/aromatic N) is 2. The van der Waals surface area contributed by atoms with E-state index < -0.39 is 0 Å². The minimum Gasteiger partial charge on any atom is -0.298 e. The van der Waals surface area contributed by atoms with E-state index in [1.165, 1.54) is 6.34 Å². The molecule has 0 spiro atoms. The van der Waals surface area contributed by atoms with E-state index in [9.17, 15) is 0 Å². The topological polar surface area (TPSA) is 36.8 Å². The Morgan fingerprint density at radius 2 is 2.67 bits per heavy atom. The third-order valence-corrected chi connectivity index (χ3v) is 1.39. The van der Waals surface area contributed by atoms with Gasteiger partial charge in [0.15, 0.2) is 0 Å². The fraction of sp³-hybridized carbons (Fsp3) is 0.600. The highest BCUT2D eigenvalue weighted by Gasteiger charge is 2.08. The van der Waals surface area contributed by atoms with Crippen LogP contribution in [0.3, 0.4) is 0 Å². The highest BCUT2D eigenvalue weighted by atomic mass is 35.5. The zero-order valence-corrected chi connectivity index (χ0v) is 5.89. The Labute approximate surface area is 58.8 Å². The fourth-order valence-electron chi connectivity index (χ4n) is 0.618. The summed E-state index contributed by atoms with van der Waals surface area (Å²) >= 11 is 5.61. The lowest BCUT2D eigenvalue weighted by molar-refractivity contribution is 0.608. The second-order valence-corrected chi connectivity index (χ2v) is 2.21. The van der Waals surface area contributed by atoms with Crippen molar-refractivity contribution in [2.24, 2.45) is 9.98 Å². The minimum absolute atomic E-state index is 0.120. The molecule has 1 aliphatic heterocycles. The van der Waals surface area contributed by atoms with E-state index in [1.54, 1.807) is 0 Å². The lowest BCUT2D eigenvalue weighted by Gasteiger charge is -2.11. The molecule has 1 rings (SSSR count). The minimum atomic E-state index is 0.120. The Bertz CT molecular complexity index is 152. The number of hydrogen-bond donors (Lipinski definition) is 1. The first kappa shape index (κ1) is 6.71. The molecule has 0 radical (unpaired) electrons. The molecule has 0 saturated carbocycles. The van der Waals surface area contributed by atoms with Gasteiger partial charge < -0.3 is 0 Å². The normalized spacial score (nSPS) is 26.0. The van der Waals surface area contributed by atoms with Gasteiger partial charge in [-0.25, -0.2) is 4.99 Å². The maximum Gasteiger partial charge on any atom is 0.113 e. The van der Waals surface area contributed by atoms with Crippen LogP contribution < -0.4 is 5.32 Å². The molecule has 1 unspecified atom stereocenters. The Morgan fingerprint density at radius 1 is 1.89 bits per heavy atom. The molecular formula is C5H8ClN3. The van der Waals surface area contributed by atoms with E-state index in [-0.39, 0.29) is 6.17 Å². The number of nitrogens with one attached hydrogen (secondary N) is 1. The Hall–Kier alpha value is -0.410. The highest BCUT2D eigenvalue weighted by Crippen LogP contribution is 2.03. The first-order valence-corrected chi connectivity index (χ1v) is 3.12. The van der Waals surface area contributed by atoms with Crippen LogP contribution in [0.1, 0.15) is 6.42 Å². The molecular weight excluding hydrogens is 138 g/mol. The van der Waals surface area contributed by atoms with Gasteiger partial charge in [0, 0.05) is 6.42 Å². The second-order valence-electron chi connectivity index (χ2n) is 1.78. The van der Waals surface area contributed by atoms with Crippen molar-refractivity contribution in [2.45, 2.75) is 12.6 Å². The predicted molar refractivity (Wildman–Crippen MR) is 39.2 cm³/mol. The van der Waals surface area contributed by atoms with Crippen LogP contribution in [-0.4, -0.2) is 24.7 Å². The summed E-state index contributed by atoms with van der Waals surface area (Å²) in [5.74, 6) is 0. The van der Waals surface area contributed by atoms with E-state index in [0.29, 0.717) is 11.6 Å². The quantitative estimate of drug-likeness (QED) is 0.577. The molecule has 4 heteroatoms. The summed E-state index contributed by atoms with van der Waals surface area (Å²) in [5, 5.41) is 3.59.